The van der Waals surface area contributed by atoms with E-state index in [9.17, 15) is 0 Å². The maximum absolute atomic E-state index is 5.81. The molecule has 1 aromatic carbocycles. The van der Waals surface area contributed by atoms with E-state index < -0.39 is 0 Å². The Morgan fingerprint density at radius 1 is 1.12 bits per heavy atom. The topological polar surface area (TPSA) is 97.5 Å². The van der Waals surface area contributed by atoms with E-state index in [4.69, 9.17) is 9.26 Å². The van der Waals surface area contributed by atoms with E-state index in [1.54, 1.807) is 6.20 Å². The summed E-state index contributed by atoms with van der Waals surface area (Å²) in [7, 11) is 0. The average molecular weight is 550 g/mol. The van der Waals surface area contributed by atoms with Crippen LogP contribution in [0.4, 0.5) is 0 Å². The number of nitrogens with one attached hydrogen (secondary N) is 2. The normalized spacial score (nSPS) is 12.1. The first-order valence-electron chi connectivity index (χ1n) is 10.6. The molecule has 0 radical (unpaired) electrons. The molecule has 0 aliphatic rings. The highest BCUT2D eigenvalue weighted by molar-refractivity contribution is 14.0. The van der Waals surface area contributed by atoms with E-state index in [1.807, 2.05) is 43.3 Å². The van der Waals surface area contributed by atoms with Crippen LogP contribution in [0.5, 0.6) is 0 Å². The second-order valence-electron chi connectivity index (χ2n) is 7.23. The summed E-state index contributed by atoms with van der Waals surface area (Å²) in [5.41, 5.74) is 1.86. The highest BCUT2D eigenvalue weighted by Crippen LogP contribution is 2.13. The van der Waals surface area contributed by atoms with Gasteiger partial charge in [0.05, 0.1) is 13.2 Å². The Hall–Kier alpha value is -2.53. The molecular formula is C23H31IN6O2. The number of rotatable bonds is 11. The largest absolute Gasteiger partial charge is 0.376 e. The molecule has 9 heteroatoms. The standard InChI is InChI=1S/C23H30N6O2.HI/c1-3-24-23(27-15-18(2)16-30-17-19-9-5-4-6-10-19)26-14-12-21-28-22(31-29-21)20-11-7-8-13-25-20;/h4-11,13,18H,3,12,14-17H2,1-2H3,(H2,24,26,27);1H. The van der Waals surface area contributed by atoms with Crippen molar-refractivity contribution in [3.63, 3.8) is 0 Å². The van der Waals surface area contributed by atoms with Crippen LogP contribution in [0.25, 0.3) is 11.6 Å². The van der Waals surface area contributed by atoms with Crippen LogP contribution in [-0.4, -0.2) is 47.3 Å². The highest BCUT2D eigenvalue weighted by atomic mass is 127. The van der Waals surface area contributed by atoms with Crippen molar-refractivity contribution in [2.75, 3.05) is 26.2 Å². The molecular weight excluding hydrogens is 519 g/mol. The molecule has 0 spiro atoms. The molecule has 2 N–H and O–H groups in total. The Morgan fingerprint density at radius 2 is 1.94 bits per heavy atom. The molecule has 3 rings (SSSR count). The molecule has 0 aliphatic carbocycles. The number of aromatic nitrogens is 3. The first-order valence-corrected chi connectivity index (χ1v) is 10.6. The van der Waals surface area contributed by atoms with Gasteiger partial charge in [0.25, 0.3) is 5.89 Å². The number of aliphatic imine (C=N–C) groups is 1. The summed E-state index contributed by atoms with van der Waals surface area (Å²) in [6.45, 7) is 7.58. The number of guanidine groups is 1. The van der Waals surface area contributed by atoms with Gasteiger partial charge in [0.2, 0.25) is 0 Å². The molecule has 1 unspecified atom stereocenters. The van der Waals surface area contributed by atoms with Crippen LogP contribution < -0.4 is 10.6 Å². The van der Waals surface area contributed by atoms with E-state index in [0.717, 1.165) is 12.5 Å². The molecule has 8 nitrogen and oxygen atoms in total. The Morgan fingerprint density at radius 3 is 2.69 bits per heavy atom. The molecule has 0 saturated carbocycles. The second kappa shape index (κ2) is 14.5. The maximum Gasteiger partial charge on any atom is 0.276 e. The van der Waals surface area contributed by atoms with Crippen LogP contribution in [-0.2, 0) is 17.8 Å². The Labute approximate surface area is 206 Å². The van der Waals surface area contributed by atoms with Crippen LogP contribution in [0.15, 0.2) is 64.2 Å². The highest BCUT2D eigenvalue weighted by Gasteiger charge is 2.10. The Kier molecular flexibility index (Phi) is 11.7. The summed E-state index contributed by atoms with van der Waals surface area (Å²) in [5, 5.41) is 10.6. The van der Waals surface area contributed by atoms with E-state index in [1.165, 1.54) is 5.56 Å². The van der Waals surface area contributed by atoms with Crippen molar-refractivity contribution in [3.05, 3.63) is 66.1 Å². The summed E-state index contributed by atoms with van der Waals surface area (Å²) in [6.07, 6.45) is 2.32. The Bertz CT molecular complexity index is 921. The van der Waals surface area contributed by atoms with Gasteiger partial charge in [0, 0.05) is 32.3 Å². The molecule has 0 amide bonds. The molecule has 0 saturated heterocycles. The van der Waals surface area contributed by atoms with Crippen molar-refractivity contribution in [1.82, 2.24) is 25.8 Å². The molecule has 3 aromatic rings. The lowest BCUT2D eigenvalue weighted by Crippen LogP contribution is -2.38. The monoisotopic (exact) mass is 550 g/mol. The summed E-state index contributed by atoms with van der Waals surface area (Å²) < 4.78 is 11.1. The molecule has 2 heterocycles. The van der Waals surface area contributed by atoms with E-state index in [-0.39, 0.29) is 24.0 Å². The minimum atomic E-state index is 0. The van der Waals surface area contributed by atoms with Gasteiger partial charge >= 0.3 is 0 Å². The van der Waals surface area contributed by atoms with Gasteiger partial charge in [-0.1, -0.05) is 48.5 Å². The van der Waals surface area contributed by atoms with Crippen molar-refractivity contribution in [2.24, 2.45) is 10.9 Å². The van der Waals surface area contributed by atoms with Gasteiger partial charge in [0.1, 0.15) is 5.69 Å². The quantitative estimate of drug-likeness (QED) is 0.214. The number of pyridine rings is 1. The minimum Gasteiger partial charge on any atom is -0.376 e. The van der Waals surface area contributed by atoms with Crippen LogP contribution in [0.3, 0.4) is 0 Å². The smallest absolute Gasteiger partial charge is 0.276 e. The first-order chi connectivity index (χ1) is 15.2. The molecule has 0 fully saturated rings. The third-order valence-electron chi connectivity index (χ3n) is 4.41. The molecule has 0 bridgehead atoms. The van der Waals surface area contributed by atoms with Crippen LogP contribution >= 0.6 is 24.0 Å². The molecule has 0 aliphatic heterocycles. The van der Waals surface area contributed by atoms with Gasteiger partial charge in [-0.25, -0.2) is 0 Å². The number of nitrogens with zero attached hydrogens (tertiary/aromatic N) is 4. The average Bonchev–Trinajstić information content (AvgIpc) is 3.28. The summed E-state index contributed by atoms with van der Waals surface area (Å²) >= 11 is 0. The van der Waals surface area contributed by atoms with Crippen molar-refractivity contribution in [3.8, 4) is 11.6 Å². The van der Waals surface area contributed by atoms with Crippen LogP contribution in [0, 0.1) is 5.92 Å². The lowest BCUT2D eigenvalue weighted by Gasteiger charge is -2.13. The van der Waals surface area contributed by atoms with Gasteiger partial charge in [-0.05, 0) is 30.5 Å². The van der Waals surface area contributed by atoms with Crippen molar-refractivity contribution >= 4 is 29.9 Å². The number of benzene rings is 1. The van der Waals surface area contributed by atoms with E-state index in [0.29, 0.717) is 56.1 Å². The summed E-state index contributed by atoms with van der Waals surface area (Å²) in [5.74, 6) is 2.15. The number of halogens is 1. The summed E-state index contributed by atoms with van der Waals surface area (Å²) in [4.78, 5) is 13.3. The van der Waals surface area contributed by atoms with E-state index in [2.05, 4.69) is 49.8 Å². The fraction of sp³-hybridized carbons (Fsp3) is 0.391. The van der Waals surface area contributed by atoms with Gasteiger partial charge in [-0.3, -0.25) is 9.98 Å². The number of hydrogen-bond donors (Lipinski definition) is 2. The van der Waals surface area contributed by atoms with Crippen molar-refractivity contribution in [2.45, 2.75) is 26.9 Å². The van der Waals surface area contributed by atoms with Gasteiger partial charge in [0.15, 0.2) is 11.8 Å². The zero-order valence-electron chi connectivity index (χ0n) is 18.5. The maximum atomic E-state index is 5.81. The molecule has 172 valence electrons. The van der Waals surface area contributed by atoms with Crippen LogP contribution in [0.2, 0.25) is 0 Å². The predicted molar refractivity (Wildman–Crippen MR) is 136 cm³/mol. The lowest BCUT2D eigenvalue weighted by atomic mass is 10.2. The van der Waals surface area contributed by atoms with Crippen molar-refractivity contribution < 1.29 is 9.26 Å². The number of ether oxygens (including phenoxy) is 1. The predicted octanol–water partition coefficient (Wildman–Crippen LogP) is 3.70. The zero-order chi connectivity index (χ0) is 21.7. The fourth-order valence-corrected chi connectivity index (χ4v) is 2.84. The second-order valence-corrected chi connectivity index (χ2v) is 7.23. The van der Waals surface area contributed by atoms with Crippen molar-refractivity contribution in [1.29, 1.82) is 0 Å². The SMILES string of the molecule is CCNC(=NCC(C)COCc1ccccc1)NCCc1noc(-c2ccccn2)n1.I. The molecule has 2 aromatic heterocycles. The molecule has 1 atom stereocenters. The Balaban J connectivity index is 0.00000363. The minimum absolute atomic E-state index is 0. The third kappa shape index (κ3) is 8.91. The zero-order valence-corrected chi connectivity index (χ0v) is 20.9. The first kappa shape index (κ1) is 25.7. The molecule has 32 heavy (non-hydrogen) atoms. The van der Waals surface area contributed by atoms with E-state index >= 15 is 0 Å². The van der Waals surface area contributed by atoms with Gasteiger partial charge in [-0.2, -0.15) is 4.98 Å². The van der Waals surface area contributed by atoms with Gasteiger partial charge < -0.3 is 19.9 Å². The summed E-state index contributed by atoms with van der Waals surface area (Å²) in [6, 6.07) is 15.8. The lowest BCUT2D eigenvalue weighted by molar-refractivity contribution is 0.0945. The fourth-order valence-electron chi connectivity index (χ4n) is 2.84. The van der Waals surface area contributed by atoms with Gasteiger partial charge in [-0.15, -0.1) is 24.0 Å². The van der Waals surface area contributed by atoms with Crippen LogP contribution in [0.1, 0.15) is 25.2 Å². The third-order valence-corrected chi connectivity index (χ3v) is 4.41. The number of hydrogen-bond acceptors (Lipinski definition) is 6.